The number of rotatable bonds is 3. The summed E-state index contributed by atoms with van der Waals surface area (Å²) in [5.74, 6) is -1.16. The van der Waals surface area contributed by atoms with E-state index in [0.29, 0.717) is 0 Å². The van der Waals surface area contributed by atoms with Gasteiger partial charge in [-0.1, -0.05) is 0 Å². The number of aromatic nitrogens is 1. The number of aromatic carboxylic acids is 1. The van der Waals surface area contributed by atoms with Gasteiger partial charge in [-0.05, 0) is 6.07 Å². The van der Waals surface area contributed by atoms with Gasteiger partial charge in [0, 0.05) is 12.3 Å². The Kier molecular flexibility index (Phi) is 2.79. The zero-order chi connectivity index (χ0) is 9.84. The second-order valence-corrected chi connectivity index (χ2v) is 2.44. The Hall–Kier alpha value is -1.65. The van der Waals surface area contributed by atoms with Gasteiger partial charge in [-0.3, -0.25) is 4.79 Å². The Bertz CT molecular complexity index is 372. The van der Waals surface area contributed by atoms with Crippen LogP contribution in [0.5, 0.6) is 0 Å². The van der Waals surface area contributed by atoms with Crippen molar-refractivity contribution in [3.63, 3.8) is 0 Å². The normalized spacial score (nSPS) is 9.92. The van der Waals surface area contributed by atoms with Gasteiger partial charge in [0.25, 0.3) is 5.56 Å². The van der Waals surface area contributed by atoms with Crippen molar-refractivity contribution in [2.45, 2.75) is 6.54 Å². The molecular weight excluding hydrogens is 177 g/mol. The maximum absolute atomic E-state index is 11.8. The van der Waals surface area contributed by atoms with Gasteiger partial charge >= 0.3 is 5.97 Å². The number of hydrogen-bond acceptors (Lipinski definition) is 2. The first kappa shape index (κ1) is 9.44. The molecule has 0 spiro atoms. The molecule has 1 aromatic rings. The van der Waals surface area contributed by atoms with Crippen molar-refractivity contribution in [2.24, 2.45) is 0 Å². The number of aryl methyl sites for hydroxylation is 1. The van der Waals surface area contributed by atoms with Gasteiger partial charge in [-0.2, -0.15) is 0 Å². The Balaban J connectivity index is 3.06. The van der Waals surface area contributed by atoms with Gasteiger partial charge in [0.05, 0.1) is 12.1 Å². The minimum atomic E-state index is -1.16. The van der Waals surface area contributed by atoms with Crippen LogP contribution in [0.2, 0.25) is 0 Å². The maximum Gasteiger partial charge on any atom is 0.335 e. The van der Waals surface area contributed by atoms with Crippen LogP contribution in [-0.4, -0.2) is 22.3 Å². The predicted molar refractivity (Wildman–Crippen MR) is 43.6 cm³/mol. The van der Waals surface area contributed by atoms with Crippen molar-refractivity contribution in [2.75, 3.05) is 6.67 Å². The lowest BCUT2D eigenvalue weighted by Gasteiger charge is -2.01. The fraction of sp³-hybridized carbons (Fsp3) is 0.250. The lowest BCUT2D eigenvalue weighted by Crippen LogP contribution is -2.20. The molecule has 0 fully saturated rings. The number of nitrogens with zero attached hydrogens (tertiary/aromatic N) is 1. The molecule has 0 radical (unpaired) electrons. The first-order chi connectivity index (χ1) is 6.15. The van der Waals surface area contributed by atoms with Crippen LogP contribution in [0.15, 0.2) is 23.1 Å². The summed E-state index contributed by atoms with van der Waals surface area (Å²) in [5.41, 5.74) is -0.586. The quantitative estimate of drug-likeness (QED) is 0.746. The number of carboxylic acid groups (broad SMARTS) is 1. The van der Waals surface area contributed by atoms with Gasteiger partial charge in [-0.25, -0.2) is 9.18 Å². The molecule has 4 nitrogen and oxygen atoms in total. The molecule has 0 amide bonds. The highest BCUT2D eigenvalue weighted by Crippen LogP contribution is 1.94. The summed E-state index contributed by atoms with van der Waals surface area (Å²) in [6.07, 6.45) is 1.27. The topological polar surface area (TPSA) is 59.3 Å². The van der Waals surface area contributed by atoms with Gasteiger partial charge < -0.3 is 9.67 Å². The third-order valence-electron chi connectivity index (χ3n) is 1.57. The van der Waals surface area contributed by atoms with Crippen LogP contribution in [0.3, 0.4) is 0 Å². The summed E-state index contributed by atoms with van der Waals surface area (Å²) in [5, 5.41) is 8.51. The van der Waals surface area contributed by atoms with E-state index < -0.39 is 18.2 Å². The average molecular weight is 185 g/mol. The van der Waals surface area contributed by atoms with E-state index in [4.69, 9.17) is 5.11 Å². The zero-order valence-corrected chi connectivity index (χ0v) is 6.74. The fourth-order valence-electron chi connectivity index (χ4n) is 0.917. The number of halogens is 1. The molecule has 1 heterocycles. The van der Waals surface area contributed by atoms with Crippen LogP contribution in [0.25, 0.3) is 0 Å². The van der Waals surface area contributed by atoms with E-state index in [2.05, 4.69) is 0 Å². The highest BCUT2D eigenvalue weighted by molar-refractivity contribution is 5.87. The van der Waals surface area contributed by atoms with E-state index in [0.717, 1.165) is 10.6 Å². The van der Waals surface area contributed by atoms with E-state index in [-0.39, 0.29) is 12.1 Å². The van der Waals surface area contributed by atoms with Gasteiger partial charge in [0.2, 0.25) is 0 Å². The third kappa shape index (κ3) is 2.14. The molecule has 0 saturated heterocycles. The summed E-state index contributed by atoms with van der Waals surface area (Å²) in [4.78, 5) is 21.5. The molecule has 0 bridgehead atoms. The highest BCUT2D eigenvalue weighted by Gasteiger charge is 2.04. The molecule has 0 aromatic carbocycles. The fourth-order valence-corrected chi connectivity index (χ4v) is 0.917. The minimum absolute atomic E-state index is 0.0429. The van der Waals surface area contributed by atoms with Crippen molar-refractivity contribution in [1.82, 2.24) is 4.57 Å². The first-order valence-corrected chi connectivity index (χ1v) is 3.65. The van der Waals surface area contributed by atoms with E-state index in [1.165, 1.54) is 12.3 Å². The molecule has 0 saturated carbocycles. The molecule has 0 aliphatic carbocycles. The van der Waals surface area contributed by atoms with E-state index in [1.54, 1.807) is 0 Å². The summed E-state index contributed by atoms with van der Waals surface area (Å²) in [6, 6.07) is 2.23. The Labute approximate surface area is 73.2 Å². The molecular formula is C8H8FNO3. The van der Waals surface area contributed by atoms with E-state index in [1.807, 2.05) is 0 Å². The van der Waals surface area contributed by atoms with E-state index >= 15 is 0 Å². The predicted octanol–water partition coefficient (Wildman–Crippen LogP) is 0.516. The van der Waals surface area contributed by atoms with Crippen LogP contribution in [0, 0.1) is 0 Å². The molecule has 0 aliphatic rings. The SMILES string of the molecule is O=C(O)c1ccn(CCF)c(=O)c1. The van der Waals surface area contributed by atoms with Crippen LogP contribution < -0.4 is 5.56 Å². The number of alkyl halides is 1. The molecule has 0 unspecified atom stereocenters. The summed E-state index contributed by atoms with van der Waals surface area (Å²) >= 11 is 0. The number of pyridine rings is 1. The van der Waals surface area contributed by atoms with Crippen LogP contribution >= 0.6 is 0 Å². The molecule has 70 valence electrons. The molecule has 13 heavy (non-hydrogen) atoms. The minimum Gasteiger partial charge on any atom is -0.478 e. The Morgan fingerprint density at radius 3 is 2.77 bits per heavy atom. The zero-order valence-electron chi connectivity index (χ0n) is 6.74. The second kappa shape index (κ2) is 3.84. The molecule has 0 aliphatic heterocycles. The van der Waals surface area contributed by atoms with Gasteiger partial charge in [0.15, 0.2) is 0 Å². The van der Waals surface area contributed by atoms with E-state index in [9.17, 15) is 14.0 Å². The van der Waals surface area contributed by atoms with Crippen LogP contribution in [0.4, 0.5) is 4.39 Å². The van der Waals surface area contributed by atoms with Gasteiger partial charge in [-0.15, -0.1) is 0 Å². The largest absolute Gasteiger partial charge is 0.478 e. The second-order valence-electron chi connectivity index (χ2n) is 2.44. The number of carbonyl (C=O) groups is 1. The van der Waals surface area contributed by atoms with Crippen LogP contribution in [-0.2, 0) is 6.54 Å². The summed E-state index contributed by atoms with van der Waals surface area (Å²) in [7, 11) is 0. The van der Waals surface area contributed by atoms with Crippen molar-refractivity contribution in [1.29, 1.82) is 0 Å². The molecule has 0 atom stereocenters. The lowest BCUT2D eigenvalue weighted by molar-refractivity contribution is 0.0696. The Morgan fingerprint density at radius 1 is 1.62 bits per heavy atom. The Morgan fingerprint density at radius 2 is 2.31 bits per heavy atom. The van der Waals surface area contributed by atoms with Crippen molar-refractivity contribution < 1.29 is 14.3 Å². The van der Waals surface area contributed by atoms with Crippen LogP contribution in [0.1, 0.15) is 10.4 Å². The highest BCUT2D eigenvalue weighted by atomic mass is 19.1. The van der Waals surface area contributed by atoms with Crippen molar-refractivity contribution in [3.8, 4) is 0 Å². The number of carboxylic acids is 1. The monoisotopic (exact) mass is 185 g/mol. The summed E-state index contributed by atoms with van der Waals surface area (Å²) < 4.78 is 13.0. The number of hydrogen-bond donors (Lipinski definition) is 1. The van der Waals surface area contributed by atoms with Crippen molar-refractivity contribution in [3.05, 3.63) is 34.2 Å². The van der Waals surface area contributed by atoms with Gasteiger partial charge in [0.1, 0.15) is 6.67 Å². The third-order valence-corrected chi connectivity index (χ3v) is 1.57. The molecule has 1 N–H and O–H groups in total. The van der Waals surface area contributed by atoms with Crippen molar-refractivity contribution >= 4 is 5.97 Å². The maximum atomic E-state index is 11.8. The standard InChI is InChI=1S/C8H8FNO3/c9-2-4-10-3-1-6(8(12)13)5-7(10)11/h1,3,5H,2,4H2,(H,12,13). The smallest absolute Gasteiger partial charge is 0.335 e. The molecule has 5 heteroatoms. The first-order valence-electron chi connectivity index (χ1n) is 3.65. The average Bonchev–Trinajstić information content (AvgIpc) is 2.08. The molecule has 1 rings (SSSR count). The lowest BCUT2D eigenvalue weighted by atomic mass is 10.3. The summed E-state index contributed by atoms with van der Waals surface area (Å²) in [6.45, 7) is -0.689. The molecule has 1 aromatic heterocycles.